The van der Waals surface area contributed by atoms with Crippen LogP contribution in [0.1, 0.15) is 30.0 Å². The van der Waals surface area contributed by atoms with E-state index in [0.717, 1.165) is 32.6 Å². The first-order valence-corrected chi connectivity index (χ1v) is 8.40. The van der Waals surface area contributed by atoms with Gasteiger partial charge >= 0.3 is 5.97 Å². The monoisotopic (exact) mass is 352 g/mol. The van der Waals surface area contributed by atoms with E-state index in [1.54, 1.807) is 0 Å². The molecule has 0 radical (unpaired) electrons. The van der Waals surface area contributed by atoms with Gasteiger partial charge in [0.15, 0.2) is 0 Å². The summed E-state index contributed by atoms with van der Waals surface area (Å²) >= 11 is 3.66. The number of carbonyl (C=O) groups is 1. The van der Waals surface area contributed by atoms with E-state index in [-0.39, 0.29) is 6.42 Å². The summed E-state index contributed by atoms with van der Waals surface area (Å²) in [5.74, 6) is -0.702. The second kappa shape index (κ2) is 6.46. The quantitative estimate of drug-likeness (QED) is 0.904. The fraction of sp³-hybridized carbons (Fsp3) is 0.562. The number of hydrogen-bond donors (Lipinski definition) is 1. The summed E-state index contributed by atoms with van der Waals surface area (Å²) in [6.07, 6.45) is 2.60. The van der Waals surface area contributed by atoms with Crippen LogP contribution in [0.3, 0.4) is 0 Å². The highest BCUT2D eigenvalue weighted by molar-refractivity contribution is 9.10. The molecule has 1 aromatic rings. The zero-order valence-electron chi connectivity index (χ0n) is 12.1. The van der Waals surface area contributed by atoms with Crippen molar-refractivity contribution >= 4 is 21.9 Å². The number of aliphatic carboxylic acids is 1. The number of nitrogens with zero attached hydrogens (tertiary/aromatic N) is 2. The molecule has 1 heterocycles. The number of carboxylic acid groups (broad SMARTS) is 1. The van der Waals surface area contributed by atoms with Gasteiger partial charge in [-0.1, -0.05) is 28.1 Å². The molecule has 4 nitrogen and oxygen atoms in total. The predicted octanol–water partition coefficient (Wildman–Crippen LogP) is 2.53. The Balaban J connectivity index is 1.59. The molecular weight excluding hydrogens is 332 g/mol. The molecule has 1 N–H and O–H groups in total. The van der Waals surface area contributed by atoms with Crippen LogP contribution in [0.15, 0.2) is 22.7 Å². The minimum Gasteiger partial charge on any atom is -0.481 e. The number of benzene rings is 1. The highest BCUT2D eigenvalue weighted by Crippen LogP contribution is 2.39. The van der Waals surface area contributed by atoms with Crippen LogP contribution < -0.4 is 0 Å². The van der Waals surface area contributed by atoms with Crippen molar-refractivity contribution in [2.24, 2.45) is 0 Å². The van der Waals surface area contributed by atoms with Crippen LogP contribution in [-0.4, -0.2) is 53.6 Å². The molecule has 1 unspecified atom stereocenters. The van der Waals surface area contributed by atoms with Crippen LogP contribution in [0, 0.1) is 0 Å². The molecule has 0 bridgehead atoms. The van der Waals surface area contributed by atoms with E-state index in [4.69, 9.17) is 5.11 Å². The highest BCUT2D eigenvalue weighted by atomic mass is 79.9. The molecule has 3 rings (SSSR count). The number of rotatable bonds is 4. The normalized spacial score (nSPS) is 23.2. The number of fused-ring (bicyclic) bond motifs is 1. The maximum atomic E-state index is 10.6. The van der Waals surface area contributed by atoms with Gasteiger partial charge in [0.25, 0.3) is 0 Å². The summed E-state index contributed by atoms with van der Waals surface area (Å²) in [4.78, 5) is 15.5. The topological polar surface area (TPSA) is 43.8 Å². The van der Waals surface area contributed by atoms with Gasteiger partial charge in [-0.15, -0.1) is 0 Å². The third kappa shape index (κ3) is 3.30. The molecule has 1 fully saturated rings. The van der Waals surface area contributed by atoms with Crippen molar-refractivity contribution in [3.63, 3.8) is 0 Å². The maximum Gasteiger partial charge on any atom is 0.304 e. The van der Waals surface area contributed by atoms with E-state index in [1.165, 1.54) is 22.0 Å². The molecule has 0 amide bonds. The van der Waals surface area contributed by atoms with Gasteiger partial charge in [0, 0.05) is 43.2 Å². The Bertz CT molecular complexity index is 527. The summed E-state index contributed by atoms with van der Waals surface area (Å²) in [5.41, 5.74) is 2.94. The molecule has 0 saturated carbocycles. The summed E-state index contributed by atoms with van der Waals surface area (Å²) in [5, 5.41) is 8.76. The molecule has 0 aromatic heterocycles. The third-order valence-electron chi connectivity index (χ3n) is 4.67. The number of halogens is 1. The fourth-order valence-corrected chi connectivity index (χ4v) is 4.10. The van der Waals surface area contributed by atoms with Crippen molar-refractivity contribution in [2.75, 3.05) is 32.7 Å². The van der Waals surface area contributed by atoms with Gasteiger partial charge in [-0.05, 0) is 30.0 Å². The lowest BCUT2D eigenvalue weighted by Crippen LogP contribution is -2.47. The lowest BCUT2D eigenvalue weighted by atomic mass is 10.1. The van der Waals surface area contributed by atoms with E-state index in [0.29, 0.717) is 12.6 Å². The van der Waals surface area contributed by atoms with E-state index in [1.807, 2.05) is 0 Å². The average Bonchev–Trinajstić information content (AvgIpc) is 2.91. The summed E-state index contributed by atoms with van der Waals surface area (Å²) in [6.45, 7) is 4.71. The molecule has 5 heteroatoms. The minimum absolute atomic E-state index is 0.249. The number of carboxylic acids is 1. The van der Waals surface area contributed by atoms with Crippen LogP contribution in [0.25, 0.3) is 0 Å². The van der Waals surface area contributed by atoms with Crippen molar-refractivity contribution < 1.29 is 9.90 Å². The summed E-state index contributed by atoms with van der Waals surface area (Å²) < 4.78 is 1.24. The fourth-order valence-electron chi connectivity index (χ4n) is 3.52. The lowest BCUT2D eigenvalue weighted by Gasteiger charge is -2.38. The molecule has 114 valence electrons. The second-order valence-corrected chi connectivity index (χ2v) is 6.74. The maximum absolute atomic E-state index is 10.6. The first-order chi connectivity index (χ1) is 10.1. The average molecular weight is 353 g/mol. The summed E-state index contributed by atoms with van der Waals surface area (Å²) in [6, 6.07) is 7.06. The van der Waals surface area contributed by atoms with Crippen LogP contribution in [0.2, 0.25) is 0 Å². The van der Waals surface area contributed by atoms with Gasteiger partial charge in [-0.3, -0.25) is 9.69 Å². The van der Waals surface area contributed by atoms with Gasteiger partial charge < -0.3 is 10.0 Å². The van der Waals surface area contributed by atoms with Crippen LogP contribution >= 0.6 is 15.9 Å². The Labute approximate surface area is 133 Å². The Hall–Kier alpha value is -0.910. The smallest absolute Gasteiger partial charge is 0.304 e. The lowest BCUT2D eigenvalue weighted by molar-refractivity contribution is -0.137. The Morgan fingerprint density at radius 3 is 2.76 bits per heavy atom. The zero-order chi connectivity index (χ0) is 14.8. The van der Waals surface area contributed by atoms with Crippen LogP contribution in [0.5, 0.6) is 0 Å². The molecule has 1 atom stereocenters. The van der Waals surface area contributed by atoms with Gasteiger partial charge in [0.2, 0.25) is 0 Å². The molecule has 2 aliphatic rings. The SMILES string of the molecule is O=C(O)CCN1CCN(C2CCc3c(Br)cccc32)CC1. The Morgan fingerprint density at radius 1 is 1.29 bits per heavy atom. The standard InChI is InChI=1S/C16H21BrN2O2/c17-14-3-1-2-13-12(14)4-5-15(13)19-10-8-18(9-11-19)7-6-16(20)21/h1-3,15H,4-11H2,(H,20,21). The molecular formula is C16H21BrN2O2. The molecule has 1 aliphatic carbocycles. The van der Waals surface area contributed by atoms with Crippen LogP contribution in [0.4, 0.5) is 0 Å². The van der Waals surface area contributed by atoms with Gasteiger partial charge in [0.05, 0.1) is 6.42 Å². The molecule has 1 aliphatic heterocycles. The van der Waals surface area contributed by atoms with Crippen molar-refractivity contribution in [3.8, 4) is 0 Å². The molecule has 0 spiro atoms. The van der Waals surface area contributed by atoms with Crippen molar-refractivity contribution in [1.82, 2.24) is 9.80 Å². The summed E-state index contributed by atoms with van der Waals surface area (Å²) in [7, 11) is 0. The van der Waals surface area contributed by atoms with E-state index < -0.39 is 5.97 Å². The number of piperazine rings is 1. The largest absolute Gasteiger partial charge is 0.481 e. The van der Waals surface area contributed by atoms with E-state index >= 15 is 0 Å². The highest BCUT2D eigenvalue weighted by Gasteiger charge is 2.30. The third-order valence-corrected chi connectivity index (χ3v) is 5.41. The minimum atomic E-state index is -0.702. The first kappa shape index (κ1) is 15.0. The van der Waals surface area contributed by atoms with Crippen LogP contribution in [-0.2, 0) is 11.2 Å². The van der Waals surface area contributed by atoms with Crippen molar-refractivity contribution in [1.29, 1.82) is 0 Å². The van der Waals surface area contributed by atoms with Crippen molar-refractivity contribution in [2.45, 2.75) is 25.3 Å². The molecule has 1 aromatic carbocycles. The molecule has 1 saturated heterocycles. The van der Waals surface area contributed by atoms with E-state index in [2.05, 4.69) is 43.9 Å². The van der Waals surface area contributed by atoms with Gasteiger partial charge in [-0.2, -0.15) is 0 Å². The number of hydrogen-bond acceptors (Lipinski definition) is 3. The van der Waals surface area contributed by atoms with E-state index in [9.17, 15) is 4.79 Å². The van der Waals surface area contributed by atoms with Gasteiger partial charge in [-0.25, -0.2) is 0 Å². The first-order valence-electron chi connectivity index (χ1n) is 7.60. The second-order valence-electron chi connectivity index (χ2n) is 5.88. The molecule has 21 heavy (non-hydrogen) atoms. The predicted molar refractivity (Wildman–Crippen MR) is 85.5 cm³/mol. The Kier molecular flexibility index (Phi) is 4.62. The van der Waals surface area contributed by atoms with Gasteiger partial charge in [0.1, 0.15) is 0 Å². The zero-order valence-corrected chi connectivity index (χ0v) is 13.7. The Morgan fingerprint density at radius 2 is 2.05 bits per heavy atom. The van der Waals surface area contributed by atoms with Crippen molar-refractivity contribution in [3.05, 3.63) is 33.8 Å².